The van der Waals surface area contributed by atoms with Crippen LogP contribution in [0.1, 0.15) is 47.4 Å². The smallest absolute Gasteiger partial charge is 0.0238 e. The van der Waals surface area contributed by atoms with Crippen LogP contribution < -0.4 is 0 Å². The molecule has 0 saturated carbocycles. The van der Waals surface area contributed by atoms with Crippen LogP contribution in [0.15, 0.2) is 89.8 Å². The fourth-order valence-corrected chi connectivity index (χ4v) is 5.92. The zero-order valence-corrected chi connectivity index (χ0v) is 18.3. The van der Waals surface area contributed by atoms with Gasteiger partial charge >= 0.3 is 0 Å². The van der Waals surface area contributed by atoms with E-state index in [1.807, 2.05) is 11.8 Å². The summed E-state index contributed by atoms with van der Waals surface area (Å²) < 4.78 is 0. The molecule has 0 atom stereocenters. The van der Waals surface area contributed by atoms with Gasteiger partial charge in [-0.1, -0.05) is 78.9 Å². The first kappa shape index (κ1) is 19.7. The molecule has 0 unspecified atom stereocenters. The third kappa shape index (κ3) is 4.26. The van der Waals surface area contributed by atoms with Gasteiger partial charge in [0.1, 0.15) is 0 Å². The van der Waals surface area contributed by atoms with E-state index < -0.39 is 0 Å². The van der Waals surface area contributed by atoms with Crippen LogP contribution in [0, 0.1) is 0 Å². The second-order valence-corrected chi connectivity index (χ2v) is 9.39. The first-order valence-electron chi connectivity index (χ1n) is 11.2. The van der Waals surface area contributed by atoms with Crippen molar-refractivity contribution in [2.75, 3.05) is 19.6 Å². The van der Waals surface area contributed by atoms with Crippen molar-refractivity contribution < 1.29 is 0 Å². The lowest BCUT2D eigenvalue weighted by atomic mass is 9.89. The number of likely N-dealkylation sites (tertiary alicyclic amines) is 1. The van der Waals surface area contributed by atoms with Crippen LogP contribution in [0.25, 0.3) is 5.57 Å². The molecular weight excluding hydrogens is 382 g/mol. The molecule has 152 valence electrons. The SMILES string of the molecule is C(/CCN1CCC(c2ccccc2)CC1)=C1\c2ccccc2CSc2ccccc21. The summed E-state index contributed by atoms with van der Waals surface area (Å²) in [5.74, 6) is 1.79. The van der Waals surface area contributed by atoms with E-state index >= 15 is 0 Å². The maximum absolute atomic E-state index is 2.65. The summed E-state index contributed by atoms with van der Waals surface area (Å²) in [4.78, 5) is 4.06. The van der Waals surface area contributed by atoms with Gasteiger partial charge in [0, 0.05) is 17.2 Å². The fourth-order valence-electron chi connectivity index (χ4n) is 4.85. The third-order valence-corrected chi connectivity index (χ3v) is 7.64. The largest absolute Gasteiger partial charge is 0.303 e. The van der Waals surface area contributed by atoms with E-state index in [9.17, 15) is 0 Å². The molecule has 1 nitrogen and oxygen atoms in total. The Hall–Kier alpha value is -2.29. The molecule has 5 rings (SSSR count). The number of benzene rings is 3. The van der Waals surface area contributed by atoms with E-state index in [0.29, 0.717) is 0 Å². The molecule has 30 heavy (non-hydrogen) atoms. The number of piperidine rings is 1. The quantitative estimate of drug-likeness (QED) is 0.455. The molecule has 2 heterocycles. The van der Waals surface area contributed by atoms with Crippen molar-refractivity contribution >= 4 is 17.3 Å². The predicted octanol–water partition coefficient (Wildman–Crippen LogP) is 6.99. The second-order valence-electron chi connectivity index (χ2n) is 8.38. The lowest BCUT2D eigenvalue weighted by Crippen LogP contribution is -2.33. The normalized spacial score (nSPS) is 18.6. The minimum absolute atomic E-state index is 0.735. The standard InChI is InChI=1S/C28H29NS/c1-2-9-22(10-3-1)23-16-19-29(20-17-23)18-8-14-26-25-12-5-4-11-24(25)21-30-28-15-7-6-13-27(26)28/h1-7,9-15,23H,8,16-21H2/b26-14-. The Kier molecular flexibility index (Phi) is 6.06. The van der Waals surface area contributed by atoms with Crippen molar-refractivity contribution in [1.29, 1.82) is 0 Å². The maximum atomic E-state index is 2.65. The van der Waals surface area contributed by atoms with Gasteiger partial charge in [-0.2, -0.15) is 0 Å². The summed E-state index contributed by atoms with van der Waals surface area (Å²) >= 11 is 1.96. The Labute approximate surface area is 184 Å². The van der Waals surface area contributed by atoms with Gasteiger partial charge in [0.15, 0.2) is 0 Å². The van der Waals surface area contributed by atoms with Crippen molar-refractivity contribution in [2.24, 2.45) is 0 Å². The minimum atomic E-state index is 0.735. The van der Waals surface area contributed by atoms with Gasteiger partial charge in [-0.25, -0.2) is 0 Å². The fraction of sp³-hybridized carbons (Fsp3) is 0.286. The van der Waals surface area contributed by atoms with Gasteiger partial charge in [-0.05, 0) is 72.2 Å². The average Bonchev–Trinajstić information content (AvgIpc) is 2.97. The predicted molar refractivity (Wildman–Crippen MR) is 129 cm³/mol. The first-order chi connectivity index (χ1) is 14.9. The number of hydrogen-bond acceptors (Lipinski definition) is 2. The van der Waals surface area contributed by atoms with E-state index in [2.05, 4.69) is 89.8 Å². The Morgan fingerprint density at radius 1 is 0.800 bits per heavy atom. The molecule has 0 amide bonds. The van der Waals surface area contributed by atoms with Crippen LogP contribution in [0.5, 0.6) is 0 Å². The molecule has 2 aliphatic heterocycles. The number of fused-ring (bicyclic) bond motifs is 2. The summed E-state index contributed by atoms with van der Waals surface area (Å²) in [6, 6.07) is 28.9. The molecule has 0 spiro atoms. The maximum Gasteiger partial charge on any atom is 0.0238 e. The first-order valence-corrected chi connectivity index (χ1v) is 12.1. The summed E-state index contributed by atoms with van der Waals surface area (Å²) in [5.41, 5.74) is 7.20. The van der Waals surface area contributed by atoms with E-state index in [4.69, 9.17) is 0 Å². The summed E-state index contributed by atoms with van der Waals surface area (Å²) in [6.45, 7) is 3.58. The van der Waals surface area contributed by atoms with Crippen molar-refractivity contribution in [2.45, 2.75) is 35.8 Å². The average molecular weight is 412 g/mol. The van der Waals surface area contributed by atoms with Crippen LogP contribution in [0.2, 0.25) is 0 Å². The molecule has 0 radical (unpaired) electrons. The van der Waals surface area contributed by atoms with Crippen molar-refractivity contribution in [3.05, 3.63) is 107 Å². The van der Waals surface area contributed by atoms with Crippen LogP contribution in [-0.4, -0.2) is 24.5 Å². The highest BCUT2D eigenvalue weighted by molar-refractivity contribution is 7.98. The Bertz CT molecular complexity index is 966. The summed E-state index contributed by atoms with van der Waals surface area (Å²) in [6.07, 6.45) is 6.16. The highest BCUT2D eigenvalue weighted by Crippen LogP contribution is 2.40. The lowest BCUT2D eigenvalue weighted by Gasteiger charge is -2.32. The van der Waals surface area contributed by atoms with Crippen LogP contribution in [0.4, 0.5) is 0 Å². The molecule has 0 aromatic heterocycles. The third-order valence-electron chi connectivity index (χ3n) is 6.52. The molecule has 0 N–H and O–H groups in total. The van der Waals surface area contributed by atoms with E-state index in [-0.39, 0.29) is 0 Å². The van der Waals surface area contributed by atoms with Gasteiger partial charge in [-0.3, -0.25) is 0 Å². The van der Waals surface area contributed by atoms with E-state index in [1.54, 1.807) is 0 Å². The zero-order valence-electron chi connectivity index (χ0n) is 17.5. The van der Waals surface area contributed by atoms with Gasteiger partial charge < -0.3 is 4.90 Å². The van der Waals surface area contributed by atoms with Crippen molar-refractivity contribution in [3.63, 3.8) is 0 Å². The van der Waals surface area contributed by atoms with Crippen molar-refractivity contribution in [3.8, 4) is 0 Å². The van der Waals surface area contributed by atoms with Crippen LogP contribution >= 0.6 is 11.8 Å². The van der Waals surface area contributed by atoms with Crippen molar-refractivity contribution in [1.82, 2.24) is 4.90 Å². The topological polar surface area (TPSA) is 3.24 Å². The molecule has 3 aromatic rings. The number of rotatable bonds is 4. The highest BCUT2D eigenvalue weighted by Gasteiger charge is 2.21. The highest BCUT2D eigenvalue weighted by atomic mass is 32.2. The molecule has 1 saturated heterocycles. The number of nitrogens with zero attached hydrogens (tertiary/aromatic N) is 1. The summed E-state index contributed by atoms with van der Waals surface area (Å²) in [7, 11) is 0. The van der Waals surface area contributed by atoms with Gasteiger partial charge in [0.25, 0.3) is 0 Å². The Balaban J connectivity index is 1.28. The van der Waals surface area contributed by atoms with Gasteiger partial charge in [0.05, 0.1) is 0 Å². The molecular formula is C28H29NS. The molecule has 0 aliphatic carbocycles. The molecule has 1 fully saturated rings. The molecule has 0 bridgehead atoms. The second kappa shape index (κ2) is 9.24. The van der Waals surface area contributed by atoms with Crippen LogP contribution in [0.3, 0.4) is 0 Å². The molecule has 2 heteroatoms. The number of hydrogen-bond donors (Lipinski definition) is 0. The lowest BCUT2D eigenvalue weighted by molar-refractivity contribution is 0.216. The van der Waals surface area contributed by atoms with Gasteiger partial charge in [0.2, 0.25) is 0 Å². The summed E-state index contributed by atoms with van der Waals surface area (Å²) in [5, 5.41) is 0. The molecule has 2 aliphatic rings. The number of thioether (sulfide) groups is 1. The Morgan fingerprint density at radius 3 is 2.33 bits per heavy atom. The Morgan fingerprint density at radius 2 is 1.50 bits per heavy atom. The van der Waals surface area contributed by atoms with E-state index in [0.717, 1.165) is 24.6 Å². The molecule has 3 aromatic carbocycles. The van der Waals surface area contributed by atoms with E-state index in [1.165, 1.54) is 58.7 Å². The van der Waals surface area contributed by atoms with Crippen LogP contribution in [-0.2, 0) is 5.75 Å². The monoisotopic (exact) mass is 411 g/mol. The van der Waals surface area contributed by atoms with Gasteiger partial charge in [-0.15, -0.1) is 11.8 Å². The zero-order chi connectivity index (χ0) is 20.2. The minimum Gasteiger partial charge on any atom is -0.303 e.